The van der Waals surface area contributed by atoms with Crippen molar-refractivity contribution in [2.45, 2.75) is 0 Å². The minimum atomic E-state index is -4.67. The average molecular weight is 284 g/mol. The number of hydrogen-bond acceptors (Lipinski definition) is 7. The Bertz CT molecular complexity index is 201. The molecule has 0 aromatic carbocycles. The van der Waals surface area contributed by atoms with Crippen LogP contribution in [-0.2, 0) is 10.4 Å². The summed E-state index contributed by atoms with van der Waals surface area (Å²) in [6.07, 6.45) is 0. The van der Waals surface area contributed by atoms with Crippen molar-refractivity contribution in [2.75, 3.05) is 0 Å². The predicted octanol–water partition coefficient (Wildman–Crippen LogP) is -6.69. The second kappa shape index (κ2) is 23.5. The summed E-state index contributed by atoms with van der Waals surface area (Å²) in [5, 5.41) is 21.5. The number of rotatable bonds is 0. The van der Waals surface area contributed by atoms with Crippen LogP contribution in [0.1, 0.15) is 0 Å². The summed E-state index contributed by atoms with van der Waals surface area (Å²) < 4.78 is 31.6. The van der Waals surface area contributed by atoms with E-state index in [0.29, 0.717) is 0 Å². The number of hydrogen-bond donors (Lipinski definition) is 5. The molecule has 12 nitrogen and oxygen atoms in total. The standard InChI is InChI=1S/ClH.HNO3.HNO2.H3N.Na.H2O4S/c;2-1(3)4;2-1-3;;;1-5(2,3)4/h1H;(H,2,3,4);(H,2,3);1H3;;(H2,1,2,3,4)/q;;;;+1;/p-1. The van der Waals surface area contributed by atoms with Crippen molar-refractivity contribution in [3.63, 3.8) is 0 Å². The quantitative estimate of drug-likeness (QED) is 0.0928. The van der Waals surface area contributed by atoms with E-state index in [4.69, 9.17) is 43.0 Å². The molecule has 0 atom stereocenters. The Morgan fingerprint density at radius 3 is 1.27 bits per heavy atom. The Morgan fingerprint density at radius 2 is 1.27 bits per heavy atom. The third kappa shape index (κ3) is 24000. The molecule has 0 unspecified atom stereocenters. The van der Waals surface area contributed by atoms with Gasteiger partial charge in [-0.25, -0.2) is 0 Å². The largest absolute Gasteiger partial charge is 1.00 e. The molecule has 0 saturated carbocycles. The smallest absolute Gasteiger partial charge is 1.00 e. The summed E-state index contributed by atoms with van der Waals surface area (Å²) in [6, 6.07) is 0. The maximum Gasteiger partial charge on any atom is 1.00 e. The van der Waals surface area contributed by atoms with Crippen LogP contribution in [0.5, 0.6) is 0 Å². The minimum absolute atomic E-state index is 0. The predicted molar refractivity (Wildman–Crippen MR) is 35.6 cm³/mol. The molecule has 0 amide bonds. The molecule has 0 aliphatic rings. The van der Waals surface area contributed by atoms with Gasteiger partial charge >= 0.3 is 40.0 Å². The van der Waals surface area contributed by atoms with E-state index in [1.165, 1.54) is 5.34 Å². The molecule has 15 heteroatoms. The molecule has 0 aromatic heterocycles. The monoisotopic (exact) mass is 283 g/mol. The van der Waals surface area contributed by atoms with Crippen LogP contribution in [0.3, 0.4) is 0 Å². The molecule has 15 heavy (non-hydrogen) atoms. The Hall–Kier alpha value is -0.280. The summed E-state index contributed by atoms with van der Waals surface area (Å²) >= 11 is 0. The van der Waals surface area contributed by atoms with Gasteiger partial charge in [0.2, 0.25) is 0 Å². The molecule has 90 valence electrons. The van der Waals surface area contributed by atoms with Crippen molar-refractivity contribution in [1.29, 1.82) is 0 Å². The molecule has 0 aromatic rings. The van der Waals surface area contributed by atoms with Crippen molar-refractivity contribution >= 4 is 10.4 Å². The molecular formula is H7ClN3NaO9S. The zero-order chi connectivity index (χ0) is 10.8. The summed E-state index contributed by atoms with van der Waals surface area (Å²) in [7, 11) is -4.67. The van der Waals surface area contributed by atoms with Gasteiger partial charge in [0.05, 0.1) is 0 Å². The van der Waals surface area contributed by atoms with E-state index in [0.717, 1.165) is 0 Å². The van der Waals surface area contributed by atoms with E-state index in [-0.39, 0.29) is 48.1 Å². The molecule has 0 bridgehead atoms. The molecule has 0 spiro atoms. The number of nitrogens with zero attached hydrogens (tertiary/aromatic N) is 2. The van der Waals surface area contributed by atoms with Gasteiger partial charge in [0.25, 0.3) is 5.09 Å². The maximum absolute atomic E-state index is 8.74. The fourth-order valence-electron chi connectivity index (χ4n) is 0. The van der Waals surface area contributed by atoms with Crippen molar-refractivity contribution in [3.05, 3.63) is 15.0 Å². The molecule has 0 rings (SSSR count). The van der Waals surface area contributed by atoms with E-state index in [2.05, 4.69) is 0 Å². The van der Waals surface area contributed by atoms with E-state index in [9.17, 15) is 0 Å². The van der Waals surface area contributed by atoms with Gasteiger partial charge in [-0.3, -0.25) is 9.11 Å². The van der Waals surface area contributed by atoms with E-state index >= 15 is 0 Å². The average Bonchev–Trinajstić information content (AvgIpc) is 1.56. The summed E-state index contributed by atoms with van der Waals surface area (Å²) in [5.74, 6) is 0. The first-order valence-electron chi connectivity index (χ1n) is 1.65. The maximum atomic E-state index is 8.74. The van der Waals surface area contributed by atoms with Crippen LogP contribution in [0, 0.1) is 15.0 Å². The molecule has 7 N–H and O–H groups in total. The van der Waals surface area contributed by atoms with Crippen LogP contribution in [0.25, 0.3) is 0 Å². The van der Waals surface area contributed by atoms with Crippen LogP contribution in [0.15, 0.2) is 5.34 Å². The van der Waals surface area contributed by atoms with Crippen LogP contribution in [0.2, 0.25) is 0 Å². The topological polar surface area (TPSA) is 223 Å². The first-order chi connectivity index (χ1) is 5.15. The Labute approximate surface area is 112 Å². The van der Waals surface area contributed by atoms with Gasteiger partial charge in [-0.15, -0.1) is 15.0 Å². The molecular weight excluding hydrogens is 277 g/mol. The Kier molecular flexibility index (Phi) is 57.1. The van der Waals surface area contributed by atoms with Crippen LogP contribution < -0.4 is 48.1 Å². The van der Waals surface area contributed by atoms with E-state index < -0.39 is 15.5 Å². The van der Waals surface area contributed by atoms with Crippen LogP contribution in [-0.4, -0.2) is 33.0 Å². The van der Waals surface area contributed by atoms with Gasteiger partial charge in [-0.1, -0.05) is 0 Å². The molecule has 0 radical (unpaired) electrons. The minimum Gasteiger partial charge on any atom is -1.00 e. The van der Waals surface area contributed by atoms with E-state index in [1.54, 1.807) is 0 Å². The summed E-state index contributed by atoms with van der Waals surface area (Å²) in [4.78, 5) is 16.5. The van der Waals surface area contributed by atoms with Crippen LogP contribution in [0.4, 0.5) is 0 Å². The van der Waals surface area contributed by atoms with Gasteiger partial charge in [0.15, 0.2) is 5.34 Å². The van der Waals surface area contributed by atoms with Gasteiger partial charge in [0, 0.05) is 0 Å². The van der Waals surface area contributed by atoms with Crippen molar-refractivity contribution in [1.82, 2.24) is 6.15 Å². The molecule has 0 aliphatic carbocycles. The van der Waals surface area contributed by atoms with E-state index in [1.807, 2.05) is 0 Å². The fourth-order valence-corrected chi connectivity index (χ4v) is 0. The third-order valence-electron chi connectivity index (χ3n) is 0. The van der Waals surface area contributed by atoms with Crippen molar-refractivity contribution in [2.24, 2.45) is 5.34 Å². The first-order valence-corrected chi connectivity index (χ1v) is 3.04. The molecule has 0 aliphatic heterocycles. The Morgan fingerprint density at radius 1 is 1.27 bits per heavy atom. The van der Waals surface area contributed by atoms with Gasteiger partial charge in [-0.05, 0) is 0 Å². The first kappa shape index (κ1) is 36.4. The summed E-state index contributed by atoms with van der Waals surface area (Å²) in [5.41, 5.74) is 0. The summed E-state index contributed by atoms with van der Waals surface area (Å²) in [6.45, 7) is 0. The molecule has 0 heterocycles. The normalized spacial score (nSPS) is 6.27. The van der Waals surface area contributed by atoms with Crippen molar-refractivity contribution in [3.8, 4) is 0 Å². The third-order valence-corrected chi connectivity index (χ3v) is 0. The fraction of sp³-hybridized carbons (Fsp3) is 0. The van der Waals surface area contributed by atoms with Gasteiger partial charge in [-0.2, -0.15) is 8.42 Å². The second-order valence-corrected chi connectivity index (χ2v) is 1.66. The second-order valence-electron chi connectivity index (χ2n) is 0.767. The SMILES string of the molecule is N.O=NO.O=S(=O)(O)O.O=[N+]([O-])O.[Cl-].[Na+]. The van der Waals surface area contributed by atoms with Gasteiger partial charge < -0.3 is 29.0 Å². The van der Waals surface area contributed by atoms with Gasteiger partial charge in [0.1, 0.15) is 0 Å². The number of halogens is 1. The molecule has 0 fully saturated rings. The van der Waals surface area contributed by atoms with Crippen molar-refractivity contribution < 1.29 is 75.0 Å². The van der Waals surface area contributed by atoms with Crippen LogP contribution >= 0.6 is 0 Å². The Balaban J connectivity index is -0.0000000189. The molecule has 0 saturated heterocycles. The zero-order valence-corrected chi connectivity index (χ0v) is 10.8. The zero-order valence-electron chi connectivity index (χ0n) is 7.22.